The zero-order valence-corrected chi connectivity index (χ0v) is 35.7. The fourth-order valence-corrected chi connectivity index (χ4v) is 11.6. The lowest BCUT2D eigenvalue weighted by molar-refractivity contribution is -0.118. The van der Waals surface area contributed by atoms with Crippen LogP contribution < -0.4 is 20.3 Å². The Morgan fingerprint density at radius 3 is 1.88 bits per heavy atom. The number of halogens is 1. The third-order valence-corrected chi connectivity index (χ3v) is 14.6. The highest BCUT2D eigenvalue weighted by Gasteiger charge is 2.27. The number of carbonyl (C=O) groups is 3. The lowest BCUT2D eigenvalue weighted by Crippen LogP contribution is -2.35. The van der Waals surface area contributed by atoms with Gasteiger partial charge in [-0.2, -0.15) is 0 Å². The summed E-state index contributed by atoms with van der Waals surface area (Å²) >= 11 is 5.99. The molecule has 1 aliphatic heterocycles. The van der Waals surface area contributed by atoms with Crippen LogP contribution in [-0.4, -0.2) is 92.0 Å². The number of anilines is 1. The third kappa shape index (κ3) is 12.2. The van der Waals surface area contributed by atoms with Crippen molar-refractivity contribution in [3.63, 3.8) is 0 Å². The Balaban J connectivity index is 0.000000265. The van der Waals surface area contributed by atoms with E-state index in [1.807, 2.05) is 91.4 Å². The maximum atomic E-state index is 12.4. The van der Waals surface area contributed by atoms with E-state index in [9.17, 15) is 14.4 Å². The second kappa shape index (κ2) is 19.8. The van der Waals surface area contributed by atoms with Gasteiger partial charge in [-0.05, 0) is 124 Å². The van der Waals surface area contributed by atoms with Crippen LogP contribution in [0.3, 0.4) is 0 Å². The summed E-state index contributed by atoms with van der Waals surface area (Å²) in [5.41, 5.74) is 4.08. The van der Waals surface area contributed by atoms with E-state index < -0.39 is 26.6 Å². The summed E-state index contributed by atoms with van der Waals surface area (Å²) in [5, 5.41) is 31.7. The second-order valence-corrected chi connectivity index (χ2v) is 20.6. The highest BCUT2D eigenvalue weighted by molar-refractivity contribution is 8.40. The Kier molecular flexibility index (Phi) is 15.5. The average Bonchev–Trinajstić information content (AvgIpc) is 3.31. The molecule has 5 rings (SSSR count). The van der Waals surface area contributed by atoms with Gasteiger partial charge in [0.25, 0.3) is 5.91 Å². The van der Waals surface area contributed by atoms with Gasteiger partial charge in [-0.3, -0.25) is 33.9 Å². The van der Waals surface area contributed by atoms with Gasteiger partial charge < -0.3 is 20.5 Å². The van der Waals surface area contributed by atoms with Gasteiger partial charge >= 0.3 is 5.97 Å². The number of amides is 2. The average molecular weight is 835 g/mol. The van der Waals surface area contributed by atoms with Crippen molar-refractivity contribution in [3.8, 4) is 5.75 Å². The van der Waals surface area contributed by atoms with Crippen molar-refractivity contribution in [1.29, 1.82) is 10.8 Å². The van der Waals surface area contributed by atoms with Crippen molar-refractivity contribution in [1.82, 2.24) is 10.6 Å². The molecule has 0 saturated heterocycles. The molecular formula is C42H51ClN6O6S2. The molecule has 0 spiro atoms. The van der Waals surface area contributed by atoms with E-state index in [2.05, 4.69) is 28.1 Å². The molecule has 4 aromatic rings. The summed E-state index contributed by atoms with van der Waals surface area (Å²) in [6.07, 6.45) is 9.83. The number of rotatable bonds is 13. The van der Waals surface area contributed by atoms with Crippen LogP contribution in [0, 0.1) is 10.8 Å². The first-order chi connectivity index (χ1) is 26.9. The number of carboxylic acids is 1. The Morgan fingerprint density at radius 2 is 1.37 bits per heavy atom. The number of hydrogen-bond acceptors (Lipinski definition) is 8. The van der Waals surface area contributed by atoms with Crippen LogP contribution in [-0.2, 0) is 8.42 Å². The minimum atomic E-state index is -1.62. The van der Waals surface area contributed by atoms with Gasteiger partial charge in [0.2, 0.25) is 5.91 Å². The van der Waals surface area contributed by atoms with E-state index in [4.69, 9.17) is 35.9 Å². The van der Waals surface area contributed by atoms with Crippen LogP contribution in [0.4, 0.5) is 5.69 Å². The number of unbranched alkanes of at least 4 members (excludes halogenated alkanes) is 1. The number of aliphatic imine (C=N–C) groups is 1. The number of carbonyl (C=O) groups excluding carboxylic acids is 2. The summed E-state index contributed by atoms with van der Waals surface area (Å²) in [6.45, 7) is 4.51. The SMILES string of the molecule is CC(=O)NCCCCNC(=O)c1ccc(S(C)(C)OS(C)(C)c2ccc(C(=O)O)cc2)cc1.COc1ccc2c(c1)C(c1ccc(Cl)cc1)=NCC(=N)N2C(C)=N. The first-order valence-electron chi connectivity index (χ1n) is 18.0. The third-order valence-electron chi connectivity index (χ3n) is 8.77. The first kappa shape index (κ1) is 44.6. The molecule has 1 aliphatic rings. The molecule has 0 fully saturated rings. The Labute approximate surface area is 343 Å². The highest BCUT2D eigenvalue weighted by Crippen LogP contribution is 2.65. The van der Waals surface area contributed by atoms with E-state index >= 15 is 0 Å². The van der Waals surface area contributed by atoms with Gasteiger partial charge in [-0.1, -0.05) is 23.7 Å². The molecule has 4 aromatic carbocycles. The molecule has 1 heterocycles. The zero-order chi connectivity index (χ0) is 41.9. The molecular weight excluding hydrogens is 784 g/mol. The number of nitrogens with zero attached hydrogens (tertiary/aromatic N) is 2. The van der Waals surface area contributed by atoms with Gasteiger partial charge in [-0.15, -0.1) is 20.6 Å². The number of amidine groups is 2. The maximum absolute atomic E-state index is 12.4. The molecule has 57 heavy (non-hydrogen) atoms. The number of benzene rings is 4. The zero-order valence-electron chi connectivity index (χ0n) is 33.3. The number of methoxy groups -OCH3 is 1. The largest absolute Gasteiger partial charge is 0.497 e. The molecule has 0 saturated carbocycles. The van der Waals surface area contributed by atoms with Gasteiger partial charge in [0.15, 0.2) is 0 Å². The van der Waals surface area contributed by atoms with Crippen LogP contribution >= 0.6 is 32.2 Å². The minimum Gasteiger partial charge on any atom is -0.497 e. The number of benzodiazepines with no additional fused rings is 1. The van der Waals surface area contributed by atoms with Crippen molar-refractivity contribution in [2.75, 3.05) is 56.7 Å². The number of nitrogens with one attached hydrogen (secondary N) is 4. The van der Waals surface area contributed by atoms with Gasteiger partial charge in [0, 0.05) is 51.5 Å². The Bertz CT molecular complexity index is 2120. The molecule has 15 heteroatoms. The predicted octanol–water partition coefficient (Wildman–Crippen LogP) is 8.40. The summed E-state index contributed by atoms with van der Waals surface area (Å²) in [7, 11) is -1.63. The lowest BCUT2D eigenvalue weighted by atomic mass is 9.99. The van der Waals surface area contributed by atoms with Crippen LogP contribution in [0.25, 0.3) is 0 Å². The molecule has 0 radical (unpaired) electrons. The van der Waals surface area contributed by atoms with E-state index in [1.165, 1.54) is 6.92 Å². The second-order valence-electron chi connectivity index (χ2n) is 13.8. The molecule has 304 valence electrons. The monoisotopic (exact) mass is 834 g/mol. The normalized spacial score (nSPS) is 13.2. The minimum absolute atomic E-state index is 0.0470. The fourth-order valence-electron chi connectivity index (χ4n) is 5.90. The van der Waals surface area contributed by atoms with Gasteiger partial charge in [0.1, 0.15) is 17.4 Å². The smallest absolute Gasteiger partial charge is 0.335 e. The van der Waals surface area contributed by atoms with Crippen molar-refractivity contribution in [2.45, 2.75) is 36.5 Å². The molecule has 0 atom stereocenters. The molecule has 0 bridgehead atoms. The summed E-state index contributed by atoms with van der Waals surface area (Å²) < 4.78 is 12.0. The standard InChI is InChI=1S/C24H34N2O5S2.C18H17ClN4O/c1-18(27)25-16-6-7-17-26-23(28)19-8-12-21(13-9-19)32(2,3)31-33(4,5)22-14-10-20(11-15-22)24(29)30;1-11(20)23-16-8-7-14(24-2)9-15(16)18(22-10-17(23)21)12-3-5-13(19)6-4-12/h8-15H,6-7,16-17H2,1-5H3,(H,25,27)(H,26,28)(H,29,30);3-9,20-21H,10H2,1-2H3. The van der Waals surface area contributed by atoms with Gasteiger partial charge in [0.05, 0.1) is 30.6 Å². The molecule has 5 N–H and O–H groups in total. The van der Waals surface area contributed by atoms with Gasteiger partial charge in [-0.25, -0.2) is 4.79 Å². The number of ether oxygens (including phenoxy) is 1. The van der Waals surface area contributed by atoms with Crippen molar-refractivity contribution in [3.05, 3.63) is 118 Å². The fraction of sp³-hybridized carbons (Fsp3) is 0.286. The quantitative estimate of drug-likeness (QED) is 0.0510. The van der Waals surface area contributed by atoms with Crippen molar-refractivity contribution >= 4 is 73.1 Å². The summed E-state index contributed by atoms with van der Waals surface area (Å²) in [6, 6.07) is 27.3. The van der Waals surface area contributed by atoms with Crippen LogP contribution in [0.15, 0.2) is 106 Å². The van der Waals surface area contributed by atoms with Crippen LogP contribution in [0.5, 0.6) is 5.75 Å². The molecule has 0 aliphatic carbocycles. The Morgan fingerprint density at radius 1 is 0.825 bits per heavy atom. The number of hydrogen-bond donors (Lipinski definition) is 5. The predicted molar refractivity (Wildman–Crippen MR) is 235 cm³/mol. The van der Waals surface area contributed by atoms with Crippen LogP contribution in [0.2, 0.25) is 5.02 Å². The molecule has 0 aromatic heterocycles. The lowest BCUT2D eigenvalue weighted by Gasteiger charge is -2.43. The number of fused-ring (bicyclic) bond motifs is 1. The number of aromatic carboxylic acids is 1. The highest BCUT2D eigenvalue weighted by atomic mass is 35.5. The molecule has 12 nitrogen and oxygen atoms in total. The summed E-state index contributed by atoms with van der Waals surface area (Å²) in [5.74, 6) is 0.118. The van der Waals surface area contributed by atoms with E-state index in [0.29, 0.717) is 29.4 Å². The number of carboxylic acid groups (broad SMARTS) is 1. The van der Waals surface area contributed by atoms with Crippen LogP contribution in [0.1, 0.15) is 58.5 Å². The topological polar surface area (TPSA) is 177 Å². The van der Waals surface area contributed by atoms with E-state index in [-0.39, 0.29) is 35.6 Å². The summed E-state index contributed by atoms with van der Waals surface area (Å²) in [4.78, 5) is 42.6. The Hall–Kier alpha value is -5.15. The first-order valence-corrected chi connectivity index (χ1v) is 23.1. The van der Waals surface area contributed by atoms with Crippen molar-refractivity contribution in [2.24, 2.45) is 4.99 Å². The van der Waals surface area contributed by atoms with E-state index in [1.54, 1.807) is 31.1 Å². The molecule has 0 unspecified atom stereocenters. The van der Waals surface area contributed by atoms with Crippen molar-refractivity contribution < 1.29 is 27.9 Å². The molecule has 2 amide bonds. The maximum Gasteiger partial charge on any atom is 0.335 e. The van der Waals surface area contributed by atoms with E-state index in [0.717, 1.165) is 45.2 Å².